The number of benzene rings is 1. The van der Waals surface area contributed by atoms with E-state index < -0.39 is 0 Å². The van der Waals surface area contributed by atoms with E-state index in [1.807, 2.05) is 19.1 Å². The zero-order valence-corrected chi connectivity index (χ0v) is 13.0. The quantitative estimate of drug-likeness (QED) is 0.798. The summed E-state index contributed by atoms with van der Waals surface area (Å²) in [6, 6.07) is 5.97. The van der Waals surface area contributed by atoms with Crippen LogP contribution < -0.4 is 0 Å². The number of esters is 1. The summed E-state index contributed by atoms with van der Waals surface area (Å²) in [5.74, 6) is -0.256. The van der Waals surface area contributed by atoms with Crippen LogP contribution >= 0.6 is 11.6 Å². The summed E-state index contributed by atoms with van der Waals surface area (Å²) in [6.07, 6.45) is 2.97. The van der Waals surface area contributed by atoms with Crippen molar-refractivity contribution in [3.05, 3.63) is 34.3 Å². The normalized spacial score (nSPS) is 23.0. The van der Waals surface area contributed by atoms with Crippen molar-refractivity contribution in [3.63, 3.8) is 0 Å². The lowest BCUT2D eigenvalue weighted by atomic mass is 9.67. The molecule has 0 fully saturated rings. The Morgan fingerprint density at radius 2 is 2.25 bits per heavy atom. The van der Waals surface area contributed by atoms with Gasteiger partial charge in [-0.15, -0.1) is 0 Å². The Morgan fingerprint density at radius 1 is 1.50 bits per heavy atom. The van der Waals surface area contributed by atoms with Crippen LogP contribution in [0.3, 0.4) is 0 Å². The van der Waals surface area contributed by atoms with Crippen molar-refractivity contribution >= 4 is 17.6 Å². The zero-order valence-electron chi connectivity index (χ0n) is 12.2. The number of ether oxygens (including phenoxy) is 2. The van der Waals surface area contributed by atoms with E-state index in [2.05, 4.69) is 6.07 Å². The molecule has 2 rings (SSSR count). The number of hydrogen-bond donors (Lipinski definition) is 0. The molecule has 0 saturated carbocycles. The van der Waals surface area contributed by atoms with Crippen LogP contribution in [-0.2, 0) is 26.1 Å². The van der Waals surface area contributed by atoms with Gasteiger partial charge < -0.3 is 9.47 Å². The van der Waals surface area contributed by atoms with Crippen LogP contribution in [0.5, 0.6) is 0 Å². The number of aryl methyl sites for hydroxylation is 1. The Labute approximate surface area is 125 Å². The van der Waals surface area contributed by atoms with E-state index in [0.717, 1.165) is 24.3 Å². The van der Waals surface area contributed by atoms with Gasteiger partial charge in [-0.1, -0.05) is 17.7 Å². The number of methoxy groups -OCH3 is 1. The SMILES string of the molecule is COC(C)[C@]1(COC(C)=O)CCCc2cc(Cl)ccc21. The number of carbonyl (C=O) groups is 1. The third kappa shape index (κ3) is 2.84. The Morgan fingerprint density at radius 3 is 2.90 bits per heavy atom. The van der Waals surface area contributed by atoms with Crippen molar-refractivity contribution in [1.82, 2.24) is 0 Å². The van der Waals surface area contributed by atoms with Crippen LogP contribution in [0.4, 0.5) is 0 Å². The summed E-state index contributed by atoms with van der Waals surface area (Å²) in [5.41, 5.74) is 2.15. The monoisotopic (exact) mass is 296 g/mol. The van der Waals surface area contributed by atoms with Crippen LogP contribution in [0.25, 0.3) is 0 Å². The minimum absolute atomic E-state index is 0.0259. The van der Waals surface area contributed by atoms with Crippen LogP contribution in [0, 0.1) is 0 Å². The maximum atomic E-state index is 11.2. The highest BCUT2D eigenvalue weighted by Crippen LogP contribution is 2.42. The number of fused-ring (bicyclic) bond motifs is 1. The highest BCUT2D eigenvalue weighted by Gasteiger charge is 2.42. The smallest absolute Gasteiger partial charge is 0.302 e. The lowest BCUT2D eigenvalue weighted by Gasteiger charge is -2.42. The molecule has 0 aromatic heterocycles. The fourth-order valence-electron chi connectivity index (χ4n) is 3.13. The Hall–Kier alpha value is -1.06. The van der Waals surface area contributed by atoms with Gasteiger partial charge in [0.1, 0.15) is 6.61 Å². The van der Waals surface area contributed by atoms with Crippen molar-refractivity contribution in [1.29, 1.82) is 0 Å². The molecule has 110 valence electrons. The second-order valence-electron chi connectivity index (χ2n) is 5.47. The first-order valence-corrected chi connectivity index (χ1v) is 7.32. The van der Waals surface area contributed by atoms with Crippen LogP contribution in [0.1, 0.15) is 37.8 Å². The molecular weight excluding hydrogens is 276 g/mol. The average Bonchev–Trinajstić information content (AvgIpc) is 2.43. The lowest BCUT2D eigenvalue weighted by molar-refractivity contribution is -0.145. The summed E-state index contributed by atoms with van der Waals surface area (Å²) in [5, 5.41) is 0.747. The molecule has 1 aromatic carbocycles. The lowest BCUT2D eigenvalue weighted by Crippen LogP contribution is -2.46. The van der Waals surface area contributed by atoms with Gasteiger partial charge in [-0.25, -0.2) is 0 Å². The van der Waals surface area contributed by atoms with Gasteiger partial charge in [-0.05, 0) is 49.4 Å². The first-order chi connectivity index (χ1) is 9.49. The third-order valence-corrected chi connectivity index (χ3v) is 4.57. The van der Waals surface area contributed by atoms with Crippen LogP contribution in [0.15, 0.2) is 18.2 Å². The molecule has 0 aliphatic heterocycles. The molecule has 0 N–H and O–H groups in total. The van der Waals surface area contributed by atoms with Gasteiger partial charge in [0.05, 0.1) is 11.5 Å². The number of hydrogen-bond acceptors (Lipinski definition) is 3. The average molecular weight is 297 g/mol. The molecule has 0 heterocycles. The van der Waals surface area contributed by atoms with Gasteiger partial charge in [-0.2, -0.15) is 0 Å². The van der Waals surface area contributed by atoms with E-state index in [9.17, 15) is 4.79 Å². The van der Waals surface area contributed by atoms with Crippen LogP contribution in [0.2, 0.25) is 5.02 Å². The minimum atomic E-state index is -0.279. The maximum absolute atomic E-state index is 11.2. The van der Waals surface area contributed by atoms with E-state index >= 15 is 0 Å². The van der Waals surface area contributed by atoms with E-state index in [0.29, 0.717) is 6.61 Å². The van der Waals surface area contributed by atoms with E-state index in [4.69, 9.17) is 21.1 Å². The molecule has 4 heteroatoms. The predicted molar refractivity (Wildman–Crippen MR) is 79.2 cm³/mol. The van der Waals surface area contributed by atoms with Crippen molar-refractivity contribution in [2.45, 2.75) is 44.6 Å². The molecule has 1 unspecified atom stereocenters. The molecule has 20 heavy (non-hydrogen) atoms. The van der Waals surface area contributed by atoms with Gasteiger partial charge in [0.2, 0.25) is 0 Å². The van der Waals surface area contributed by atoms with Gasteiger partial charge in [0, 0.05) is 19.1 Å². The van der Waals surface area contributed by atoms with Crippen molar-refractivity contribution in [2.75, 3.05) is 13.7 Å². The molecule has 0 radical (unpaired) electrons. The number of rotatable bonds is 4. The molecule has 2 atom stereocenters. The van der Waals surface area contributed by atoms with Gasteiger partial charge >= 0.3 is 5.97 Å². The molecular formula is C16H21ClO3. The van der Waals surface area contributed by atoms with Crippen LogP contribution in [-0.4, -0.2) is 25.8 Å². The summed E-state index contributed by atoms with van der Waals surface area (Å²) < 4.78 is 10.9. The Balaban J connectivity index is 2.45. The fourth-order valence-corrected chi connectivity index (χ4v) is 3.32. The topological polar surface area (TPSA) is 35.5 Å². The third-order valence-electron chi connectivity index (χ3n) is 4.34. The first-order valence-electron chi connectivity index (χ1n) is 6.94. The highest BCUT2D eigenvalue weighted by atomic mass is 35.5. The molecule has 1 aromatic rings. The van der Waals surface area contributed by atoms with E-state index in [1.54, 1.807) is 7.11 Å². The second kappa shape index (κ2) is 6.15. The maximum Gasteiger partial charge on any atom is 0.302 e. The molecule has 3 nitrogen and oxygen atoms in total. The number of halogens is 1. The molecule has 0 bridgehead atoms. The molecule has 1 aliphatic carbocycles. The fraction of sp³-hybridized carbons (Fsp3) is 0.562. The molecule has 0 amide bonds. The van der Waals surface area contributed by atoms with Crippen molar-refractivity contribution in [2.24, 2.45) is 0 Å². The van der Waals surface area contributed by atoms with Gasteiger partial charge in [0.25, 0.3) is 0 Å². The number of carbonyl (C=O) groups excluding carboxylic acids is 1. The Kier molecular flexibility index (Phi) is 4.71. The zero-order chi connectivity index (χ0) is 14.8. The second-order valence-corrected chi connectivity index (χ2v) is 5.91. The summed E-state index contributed by atoms with van der Waals surface area (Å²) in [7, 11) is 1.70. The van der Waals surface area contributed by atoms with E-state index in [1.165, 1.54) is 18.1 Å². The predicted octanol–water partition coefficient (Wildman–Crippen LogP) is 3.51. The largest absolute Gasteiger partial charge is 0.465 e. The summed E-state index contributed by atoms with van der Waals surface area (Å²) in [6.45, 7) is 3.83. The highest BCUT2D eigenvalue weighted by molar-refractivity contribution is 6.30. The Bertz CT molecular complexity index is 500. The van der Waals surface area contributed by atoms with Crippen molar-refractivity contribution < 1.29 is 14.3 Å². The van der Waals surface area contributed by atoms with Gasteiger partial charge in [0.15, 0.2) is 0 Å². The standard InChI is InChI=1S/C16H21ClO3/c1-11(19-3)16(10-20-12(2)18)8-4-5-13-9-14(17)6-7-15(13)16/h6-7,9,11H,4-5,8,10H2,1-3H3/t11?,16-/m1/s1. The first kappa shape index (κ1) is 15.3. The minimum Gasteiger partial charge on any atom is -0.465 e. The summed E-state index contributed by atoms with van der Waals surface area (Å²) in [4.78, 5) is 11.2. The van der Waals surface area contributed by atoms with E-state index in [-0.39, 0.29) is 17.5 Å². The summed E-state index contributed by atoms with van der Waals surface area (Å²) >= 11 is 6.09. The molecule has 0 spiro atoms. The van der Waals surface area contributed by atoms with Gasteiger partial charge in [-0.3, -0.25) is 4.79 Å². The van der Waals surface area contributed by atoms with Crippen molar-refractivity contribution in [3.8, 4) is 0 Å². The molecule has 1 aliphatic rings. The molecule has 0 saturated heterocycles.